The van der Waals surface area contributed by atoms with Gasteiger partial charge in [-0.3, -0.25) is 19.7 Å². The summed E-state index contributed by atoms with van der Waals surface area (Å²) < 4.78 is 5.37. The van der Waals surface area contributed by atoms with Gasteiger partial charge in [-0.1, -0.05) is 29.8 Å². The number of methoxy groups -OCH3 is 1. The number of fused-ring (bicyclic) bond motifs is 1. The molecule has 0 bridgehead atoms. The monoisotopic (exact) mass is 536 g/mol. The zero-order valence-corrected chi connectivity index (χ0v) is 21.8. The quantitative estimate of drug-likeness (QED) is 0.180. The maximum Gasteiger partial charge on any atom is 0.271 e. The van der Waals surface area contributed by atoms with E-state index in [9.17, 15) is 35.0 Å². The number of aromatic hydroxyl groups is 1. The van der Waals surface area contributed by atoms with Gasteiger partial charge in [0.05, 0.1) is 41.8 Å². The zero-order valence-electron chi connectivity index (χ0n) is 21.8. The fraction of sp³-hybridized carbons (Fsp3) is 0.379. The lowest BCUT2D eigenvalue weighted by Gasteiger charge is -2.36. The van der Waals surface area contributed by atoms with Crippen LogP contribution in [-0.2, 0) is 14.3 Å². The highest BCUT2D eigenvalue weighted by molar-refractivity contribution is 6.22. The number of imide groups is 1. The molecule has 10 heteroatoms. The summed E-state index contributed by atoms with van der Waals surface area (Å²) in [6.45, 7) is 1.61. The largest absolute Gasteiger partial charge is 0.508 e. The molecule has 0 spiro atoms. The number of anilines is 1. The molecule has 0 unspecified atom stereocenters. The number of phenols is 1. The molecule has 0 radical (unpaired) electrons. The molecule has 0 aromatic heterocycles. The van der Waals surface area contributed by atoms with Gasteiger partial charge in [-0.25, -0.2) is 4.90 Å². The van der Waals surface area contributed by atoms with Crippen molar-refractivity contribution in [3.05, 3.63) is 80.9 Å². The van der Waals surface area contributed by atoms with Crippen molar-refractivity contribution in [3.8, 4) is 5.75 Å². The van der Waals surface area contributed by atoms with Gasteiger partial charge in [0, 0.05) is 25.2 Å². The highest BCUT2D eigenvalue weighted by Gasteiger charge is 2.55. The second-order valence-electron chi connectivity index (χ2n) is 10.0. The van der Waals surface area contributed by atoms with Crippen molar-refractivity contribution in [3.63, 3.8) is 0 Å². The number of amides is 2. The molecule has 10 nitrogen and oxygen atoms in total. The number of non-ortho nitro benzene ring substituents is 1. The van der Waals surface area contributed by atoms with Gasteiger partial charge in [-0.05, 0) is 61.1 Å². The third kappa shape index (κ3) is 5.78. The summed E-state index contributed by atoms with van der Waals surface area (Å²) in [4.78, 5) is 38.7. The first-order valence-electron chi connectivity index (χ1n) is 12.7. The second kappa shape index (κ2) is 11.9. The molecule has 3 N–H and O–H groups in total. The Morgan fingerprint density at radius 1 is 1.21 bits per heavy atom. The molecule has 4 rings (SSSR count). The number of carbonyl (C=O) groups is 2. The molecule has 0 saturated carbocycles. The molecular formula is C29H32N2O8. The van der Waals surface area contributed by atoms with Gasteiger partial charge < -0.3 is 20.1 Å². The normalized spacial score (nSPS) is 22.3. The average molecular weight is 537 g/mol. The van der Waals surface area contributed by atoms with Crippen LogP contribution in [0.15, 0.2) is 65.3 Å². The molecule has 4 atom stereocenters. The molecule has 2 aliphatic rings. The molecule has 1 saturated heterocycles. The van der Waals surface area contributed by atoms with Crippen LogP contribution in [0.3, 0.4) is 0 Å². The number of phenolic OH excluding ortho intramolecular Hbond substituents is 1. The minimum atomic E-state index is -0.980. The summed E-state index contributed by atoms with van der Waals surface area (Å²) in [5, 5.41) is 42.5. The molecule has 1 aliphatic carbocycles. The number of aliphatic hydroxyl groups excluding tert-OH is 2. The van der Waals surface area contributed by atoms with E-state index in [-0.39, 0.29) is 30.2 Å². The molecule has 2 aromatic carbocycles. The van der Waals surface area contributed by atoms with Crippen molar-refractivity contribution in [1.82, 2.24) is 0 Å². The van der Waals surface area contributed by atoms with Crippen LogP contribution < -0.4 is 4.90 Å². The predicted octanol–water partition coefficient (Wildman–Crippen LogP) is 3.61. The number of nitro benzene ring substituents is 1. The topological polar surface area (TPSA) is 150 Å². The number of nitrogens with zero attached hydrogens (tertiary/aromatic N) is 2. The fourth-order valence-electron chi connectivity index (χ4n) is 5.71. The minimum absolute atomic E-state index is 0.107. The Labute approximate surface area is 226 Å². The van der Waals surface area contributed by atoms with Gasteiger partial charge in [0.2, 0.25) is 11.8 Å². The van der Waals surface area contributed by atoms with Gasteiger partial charge in [-0.15, -0.1) is 0 Å². The fourth-order valence-corrected chi connectivity index (χ4v) is 5.71. The Morgan fingerprint density at radius 3 is 2.56 bits per heavy atom. The molecule has 39 heavy (non-hydrogen) atoms. The van der Waals surface area contributed by atoms with Crippen molar-refractivity contribution < 1.29 is 34.6 Å². The van der Waals surface area contributed by atoms with E-state index >= 15 is 0 Å². The molecular weight excluding hydrogens is 504 g/mol. The Balaban J connectivity index is 1.60. The van der Waals surface area contributed by atoms with Crippen LogP contribution in [0.1, 0.15) is 31.7 Å². The smallest absolute Gasteiger partial charge is 0.271 e. The average Bonchev–Trinajstić information content (AvgIpc) is 3.17. The van der Waals surface area contributed by atoms with Gasteiger partial charge in [0.15, 0.2) is 0 Å². The van der Waals surface area contributed by atoms with E-state index in [2.05, 4.69) is 0 Å². The lowest BCUT2D eigenvalue weighted by atomic mass is 9.68. The first kappa shape index (κ1) is 28.2. The van der Waals surface area contributed by atoms with Crippen molar-refractivity contribution in [1.29, 1.82) is 0 Å². The number of nitro groups is 1. The third-order valence-electron chi connectivity index (χ3n) is 7.48. The molecule has 1 aliphatic heterocycles. The Kier molecular flexibility index (Phi) is 8.59. The molecule has 2 amide bonds. The van der Waals surface area contributed by atoms with E-state index in [4.69, 9.17) is 4.74 Å². The first-order chi connectivity index (χ1) is 18.7. The second-order valence-corrected chi connectivity index (χ2v) is 10.0. The van der Waals surface area contributed by atoms with E-state index in [1.54, 1.807) is 24.3 Å². The Bertz CT molecular complexity index is 1320. The number of allylic oxidation sites excluding steroid dienone is 1. The SMILES string of the molecule is COCC1=C([C@H](O)CC/C(C)=C/c2ccc(O)cc2)[C@H](CO)[C@@H]2C(=O)N(c3cccc([N+](=O)[O-])c3)C(=O)[C@@H]2C1. The molecule has 1 fully saturated rings. The lowest BCUT2D eigenvalue weighted by molar-refractivity contribution is -0.384. The lowest BCUT2D eigenvalue weighted by Crippen LogP contribution is -2.39. The number of ether oxygens (including phenoxy) is 1. The highest BCUT2D eigenvalue weighted by atomic mass is 16.6. The predicted molar refractivity (Wildman–Crippen MR) is 144 cm³/mol. The van der Waals surface area contributed by atoms with E-state index in [0.29, 0.717) is 24.0 Å². The number of benzene rings is 2. The first-order valence-corrected chi connectivity index (χ1v) is 12.7. The molecule has 2 aromatic rings. The van der Waals surface area contributed by atoms with Crippen LogP contribution in [0.2, 0.25) is 0 Å². The van der Waals surface area contributed by atoms with Crippen LogP contribution >= 0.6 is 0 Å². The van der Waals surface area contributed by atoms with Crippen molar-refractivity contribution in [2.45, 2.75) is 32.3 Å². The summed E-state index contributed by atoms with van der Waals surface area (Å²) in [5.74, 6) is -3.34. The number of hydrogen-bond acceptors (Lipinski definition) is 8. The standard InChI is InChI=1S/C29H32N2O8/c1-17(12-18-7-9-22(33)10-8-18)6-11-25(34)26-19(16-39-2)13-23-27(24(26)15-32)29(36)30(28(23)35)20-4-3-5-21(14-20)31(37)38/h3-5,7-10,12,14,23-25,27,32-34H,6,11,13,15-16H2,1-2H3/b17-12+/t23-,24+,25-,27-/m1/s1. The Morgan fingerprint density at radius 2 is 1.92 bits per heavy atom. The molecule has 1 heterocycles. The zero-order chi connectivity index (χ0) is 28.3. The Hall–Kier alpha value is -3.86. The van der Waals surface area contributed by atoms with Gasteiger partial charge >= 0.3 is 0 Å². The van der Waals surface area contributed by atoms with Gasteiger partial charge in [-0.2, -0.15) is 0 Å². The number of rotatable bonds is 10. The third-order valence-corrected chi connectivity index (χ3v) is 7.48. The van der Waals surface area contributed by atoms with Crippen molar-refractivity contribution in [2.75, 3.05) is 25.2 Å². The maximum atomic E-state index is 13.6. The maximum absolute atomic E-state index is 13.6. The van der Waals surface area contributed by atoms with Crippen LogP contribution in [0.5, 0.6) is 5.75 Å². The highest BCUT2D eigenvalue weighted by Crippen LogP contribution is 2.47. The van der Waals surface area contributed by atoms with Crippen LogP contribution in [0, 0.1) is 27.9 Å². The van der Waals surface area contributed by atoms with Crippen LogP contribution in [0.4, 0.5) is 11.4 Å². The molecule has 206 valence electrons. The summed E-state index contributed by atoms with van der Waals surface area (Å²) in [6, 6.07) is 12.1. The van der Waals surface area contributed by atoms with E-state index in [1.807, 2.05) is 13.0 Å². The van der Waals surface area contributed by atoms with Crippen molar-refractivity contribution in [2.24, 2.45) is 17.8 Å². The minimum Gasteiger partial charge on any atom is -0.508 e. The number of hydrogen-bond donors (Lipinski definition) is 3. The van der Waals surface area contributed by atoms with Gasteiger partial charge in [0.1, 0.15) is 5.75 Å². The summed E-state index contributed by atoms with van der Waals surface area (Å²) in [6.07, 6.45) is 2.01. The van der Waals surface area contributed by atoms with E-state index < -0.39 is 47.2 Å². The van der Waals surface area contributed by atoms with E-state index in [1.165, 1.54) is 31.4 Å². The summed E-state index contributed by atoms with van der Waals surface area (Å²) in [7, 11) is 1.50. The van der Waals surface area contributed by atoms with E-state index in [0.717, 1.165) is 16.0 Å². The van der Waals surface area contributed by atoms with Crippen LogP contribution in [-0.4, -0.2) is 58.5 Å². The summed E-state index contributed by atoms with van der Waals surface area (Å²) in [5.41, 5.74) is 2.95. The van der Waals surface area contributed by atoms with Crippen LogP contribution in [0.25, 0.3) is 6.08 Å². The number of carbonyl (C=O) groups excluding carboxylic acids is 2. The van der Waals surface area contributed by atoms with Gasteiger partial charge in [0.25, 0.3) is 5.69 Å². The summed E-state index contributed by atoms with van der Waals surface area (Å²) >= 11 is 0. The van der Waals surface area contributed by atoms with Crippen molar-refractivity contribution >= 4 is 29.3 Å². The number of aliphatic hydroxyl groups is 2.